The monoisotopic (exact) mass is 405 g/mol. The number of rotatable bonds is 6. The van der Waals surface area contributed by atoms with E-state index in [0.29, 0.717) is 41.4 Å². The maximum absolute atomic E-state index is 12.7. The molecule has 154 valence electrons. The van der Waals surface area contributed by atoms with E-state index >= 15 is 0 Å². The Morgan fingerprint density at radius 3 is 2.73 bits per heavy atom. The molecule has 1 unspecified atom stereocenters. The number of oxazole rings is 1. The average molecular weight is 405 g/mol. The highest BCUT2D eigenvalue weighted by Crippen LogP contribution is 2.22. The lowest BCUT2D eigenvalue weighted by molar-refractivity contribution is -0.124. The average Bonchev–Trinajstić information content (AvgIpc) is 3.46. The van der Waals surface area contributed by atoms with Crippen molar-refractivity contribution < 1.29 is 18.7 Å². The highest BCUT2D eigenvalue weighted by Gasteiger charge is 2.24. The summed E-state index contributed by atoms with van der Waals surface area (Å²) in [7, 11) is 0. The molecule has 1 atom stereocenters. The van der Waals surface area contributed by atoms with E-state index in [1.807, 2.05) is 37.3 Å². The first kappa shape index (κ1) is 19.8. The number of nitrogens with zero attached hydrogens (tertiary/aromatic N) is 1. The highest BCUT2D eigenvalue weighted by atomic mass is 16.5. The molecule has 2 N–H and O–H groups in total. The molecule has 0 aliphatic carbocycles. The molecule has 0 radical (unpaired) electrons. The Bertz CT molecular complexity index is 1040. The van der Waals surface area contributed by atoms with Crippen molar-refractivity contribution >= 4 is 17.5 Å². The summed E-state index contributed by atoms with van der Waals surface area (Å²) < 4.78 is 10.9. The van der Waals surface area contributed by atoms with Gasteiger partial charge in [0.1, 0.15) is 12.4 Å². The standard InChI is InChI=1S/C23H23N3O4/c1-15-18(9-5-10-19(15)26-22(28)20-11-6-12-29-20)21(27)24-13-17-14-30-23(25-17)16-7-3-2-4-8-16/h2-5,7-10,14,20H,6,11-13H2,1H3,(H,24,27)(H,26,28). The Hall–Kier alpha value is -3.45. The summed E-state index contributed by atoms with van der Waals surface area (Å²) in [6.07, 6.45) is 2.71. The predicted octanol–water partition coefficient (Wildman–Crippen LogP) is 3.70. The maximum atomic E-state index is 12.7. The third-order valence-electron chi connectivity index (χ3n) is 5.06. The van der Waals surface area contributed by atoms with E-state index in [4.69, 9.17) is 9.15 Å². The summed E-state index contributed by atoms with van der Waals surface area (Å²) >= 11 is 0. The molecule has 2 heterocycles. The number of hydrogen-bond acceptors (Lipinski definition) is 5. The fraction of sp³-hybridized carbons (Fsp3) is 0.261. The largest absolute Gasteiger partial charge is 0.444 e. The number of amides is 2. The van der Waals surface area contributed by atoms with E-state index in [9.17, 15) is 9.59 Å². The van der Waals surface area contributed by atoms with Gasteiger partial charge in [0.25, 0.3) is 11.8 Å². The number of aromatic nitrogens is 1. The molecule has 3 aromatic rings. The molecule has 4 rings (SSSR count). The molecule has 1 fully saturated rings. The summed E-state index contributed by atoms with van der Waals surface area (Å²) in [4.78, 5) is 29.4. The van der Waals surface area contributed by atoms with Crippen LogP contribution in [0, 0.1) is 6.92 Å². The lowest BCUT2D eigenvalue weighted by Gasteiger charge is -2.14. The Morgan fingerprint density at radius 1 is 1.13 bits per heavy atom. The lowest BCUT2D eigenvalue weighted by Crippen LogP contribution is -2.28. The third kappa shape index (κ3) is 4.41. The summed E-state index contributed by atoms with van der Waals surface area (Å²) in [5, 5.41) is 5.73. The molecule has 30 heavy (non-hydrogen) atoms. The molecular weight excluding hydrogens is 382 g/mol. The first-order chi connectivity index (χ1) is 14.6. The number of ether oxygens (including phenoxy) is 1. The van der Waals surface area contributed by atoms with Crippen molar-refractivity contribution in [3.05, 3.63) is 71.6 Å². The number of carbonyl (C=O) groups is 2. The van der Waals surface area contributed by atoms with Gasteiger partial charge < -0.3 is 19.8 Å². The molecule has 0 saturated carbocycles. The molecule has 2 aromatic carbocycles. The minimum absolute atomic E-state index is 0.177. The SMILES string of the molecule is Cc1c(NC(=O)C2CCCO2)cccc1C(=O)NCc1coc(-c2ccccc2)n1. The molecule has 1 aliphatic rings. The van der Waals surface area contributed by atoms with Crippen molar-refractivity contribution in [3.63, 3.8) is 0 Å². The molecule has 2 amide bonds. The molecule has 1 saturated heterocycles. The van der Waals surface area contributed by atoms with E-state index in [0.717, 1.165) is 12.0 Å². The normalized spacial score (nSPS) is 15.7. The number of benzene rings is 2. The van der Waals surface area contributed by atoms with E-state index in [2.05, 4.69) is 15.6 Å². The van der Waals surface area contributed by atoms with Crippen LogP contribution in [0.15, 0.2) is 59.2 Å². The van der Waals surface area contributed by atoms with E-state index in [1.165, 1.54) is 6.26 Å². The zero-order chi connectivity index (χ0) is 20.9. The van der Waals surface area contributed by atoms with Crippen LogP contribution < -0.4 is 10.6 Å². The number of nitrogens with one attached hydrogen (secondary N) is 2. The summed E-state index contributed by atoms with van der Waals surface area (Å²) in [5.41, 5.74) is 3.30. The van der Waals surface area contributed by atoms with Gasteiger partial charge >= 0.3 is 0 Å². The Labute approximate surface area is 174 Å². The lowest BCUT2D eigenvalue weighted by atomic mass is 10.1. The van der Waals surface area contributed by atoms with E-state index < -0.39 is 6.10 Å². The molecule has 7 nitrogen and oxygen atoms in total. The van der Waals surface area contributed by atoms with Crippen LogP contribution in [0.25, 0.3) is 11.5 Å². The van der Waals surface area contributed by atoms with Gasteiger partial charge in [-0.05, 0) is 49.6 Å². The van der Waals surface area contributed by atoms with Crippen molar-refractivity contribution in [1.82, 2.24) is 10.3 Å². The molecule has 7 heteroatoms. The molecule has 1 aromatic heterocycles. The van der Waals surface area contributed by atoms with Crippen LogP contribution in [0.3, 0.4) is 0 Å². The van der Waals surface area contributed by atoms with Crippen LogP contribution in [-0.4, -0.2) is 29.5 Å². The van der Waals surface area contributed by atoms with Gasteiger partial charge in [0.15, 0.2) is 0 Å². The fourth-order valence-corrected chi connectivity index (χ4v) is 3.38. The summed E-state index contributed by atoms with van der Waals surface area (Å²) in [6, 6.07) is 14.8. The zero-order valence-corrected chi connectivity index (χ0v) is 16.7. The molecule has 0 spiro atoms. The van der Waals surface area contributed by atoms with E-state index in [1.54, 1.807) is 18.2 Å². The minimum Gasteiger partial charge on any atom is -0.444 e. The van der Waals surface area contributed by atoms with Gasteiger partial charge in [-0.2, -0.15) is 0 Å². The van der Waals surface area contributed by atoms with Crippen molar-refractivity contribution in [2.75, 3.05) is 11.9 Å². The Morgan fingerprint density at radius 2 is 1.97 bits per heavy atom. The Balaban J connectivity index is 1.40. The number of carbonyl (C=O) groups excluding carboxylic acids is 2. The number of anilines is 1. The Kier molecular flexibility index (Phi) is 5.90. The van der Waals surface area contributed by atoms with Gasteiger partial charge in [-0.15, -0.1) is 0 Å². The quantitative estimate of drug-likeness (QED) is 0.652. The smallest absolute Gasteiger partial charge is 0.253 e. The van der Waals surface area contributed by atoms with Gasteiger partial charge in [0.05, 0.1) is 12.2 Å². The van der Waals surface area contributed by atoms with Gasteiger partial charge in [-0.25, -0.2) is 4.98 Å². The first-order valence-electron chi connectivity index (χ1n) is 9.92. The van der Waals surface area contributed by atoms with Crippen LogP contribution >= 0.6 is 0 Å². The van der Waals surface area contributed by atoms with Crippen LogP contribution in [0.1, 0.15) is 34.5 Å². The third-order valence-corrected chi connectivity index (χ3v) is 5.06. The topological polar surface area (TPSA) is 93.5 Å². The zero-order valence-electron chi connectivity index (χ0n) is 16.7. The molecular formula is C23H23N3O4. The van der Waals surface area contributed by atoms with Crippen molar-refractivity contribution in [3.8, 4) is 11.5 Å². The van der Waals surface area contributed by atoms with Crippen molar-refractivity contribution in [1.29, 1.82) is 0 Å². The van der Waals surface area contributed by atoms with Crippen LogP contribution in [0.5, 0.6) is 0 Å². The fourth-order valence-electron chi connectivity index (χ4n) is 3.38. The predicted molar refractivity (Wildman–Crippen MR) is 112 cm³/mol. The van der Waals surface area contributed by atoms with Crippen molar-refractivity contribution in [2.45, 2.75) is 32.4 Å². The molecule has 1 aliphatic heterocycles. The second kappa shape index (κ2) is 8.92. The van der Waals surface area contributed by atoms with Gasteiger partial charge in [-0.3, -0.25) is 9.59 Å². The van der Waals surface area contributed by atoms with Gasteiger partial charge in [-0.1, -0.05) is 24.3 Å². The second-order valence-electron chi connectivity index (χ2n) is 7.16. The van der Waals surface area contributed by atoms with Crippen LogP contribution in [0.2, 0.25) is 0 Å². The summed E-state index contributed by atoms with van der Waals surface area (Å²) in [6.45, 7) is 2.65. The van der Waals surface area contributed by atoms with E-state index in [-0.39, 0.29) is 18.4 Å². The van der Waals surface area contributed by atoms with Crippen molar-refractivity contribution in [2.24, 2.45) is 0 Å². The van der Waals surface area contributed by atoms with Crippen LogP contribution in [-0.2, 0) is 16.1 Å². The molecule has 0 bridgehead atoms. The highest BCUT2D eigenvalue weighted by molar-refractivity contribution is 6.00. The summed E-state index contributed by atoms with van der Waals surface area (Å²) in [5.74, 6) is 0.0871. The second-order valence-corrected chi connectivity index (χ2v) is 7.16. The van der Waals surface area contributed by atoms with Crippen LogP contribution in [0.4, 0.5) is 5.69 Å². The maximum Gasteiger partial charge on any atom is 0.253 e. The van der Waals surface area contributed by atoms with Gasteiger partial charge in [0.2, 0.25) is 5.89 Å². The first-order valence-corrected chi connectivity index (χ1v) is 9.92. The minimum atomic E-state index is -0.423. The van der Waals surface area contributed by atoms with Gasteiger partial charge in [0, 0.05) is 23.4 Å². The number of hydrogen-bond donors (Lipinski definition) is 2.